The number of hydrogen-bond donors (Lipinski definition) is 1. The molecule has 20 heavy (non-hydrogen) atoms. The third kappa shape index (κ3) is 2.73. The van der Waals surface area contributed by atoms with Crippen molar-refractivity contribution in [2.45, 2.75) is 25.7 Å². The van der Waals surface area contributed by atoms with E-state index in [-0.39, 0.29) is 5.69 Å². The van der Waals surface area contributed by atoms with Crippen LogP contribution >= 0.6 is 11.3 Å². The smallest absolute Gasteiger partial charge is 0.350 e. The summed E-state index contributed by atoms with van der Waals surface area (Å²) in [5.74, 6) is 0.181. The first-order valence-corrected chi connectivity index (χ1v) is 7.52. The summed E-state index contributed by atoms with van der Waals surface area (Å²) in [7, 11) is 3.26. The van der Waals surface area contributed by atoms with Crippen molar-refractivity contribution in [3.8, 4) is 6.07 Å². The van der Waals surface area contributed by atoms with Gasteiger partial charge in [-0.15, -0.1) is 11.3 Å². The highest BCUT2D eigenvalue weighted by Crippen LogP contribution is 2.38. The Morgan fingerprint density at radius 3 is 2.75 bits per heavy atom. The molecule has 1 aliphatic carbocycles. The zero-order chi connectivity index (χ0) is 14.7. The molecule has 2 N–H and O–H groups in total. The Kier molecular flexibility index (Phi) is 4.50. The molecule has 108 valence electrons. The fourth-order valence-corrected chi connectivity index (χ4v) is 3.78. The van der Waals surface area contributed by atoms with Gasteiger partial charge in [-0.05, 0) is 18.8 Å². The van der Waals surface area contributed by atoms with E-state index in [0.717, 1.165) is 11.5 Å². The second kappa shape index (κ2) is 6.14. The van der Waals surface area contributed by atoms with Crippen LogP contribution in [0.1, 0.15) is 40.9 Å². The van der Waals surface area contributed by atoms with Crippen LogP contribution in [0.3, 0.4) is 0 Å². The SMILES string of the molecule is COC(=O)c1sc(N(C)CC2CCCC2)c(C#N)c1N. The summed E-state index contributed by atoms with van der Waals surface area (Å²) in [6.07, 6.45) is 5.03. The molecule has 0 aliphatic heterocycles. The number of rotatable bonds is 4. The maximum Gasteiger partial charge on any atom is 0.350 e. The summed E-state index contributed by atoms with van der Waals surface area (Å²) in [4.78, 5) is 14.0. The van der Waals surface area contributed by atoms with Crippen molar-refractivity contribution in [3.63, 3.8) is 0 Å². The standard InChI is InChI=1S/C14H19N3O2S/c1-17(8-9-5-3-4-6-9)13-10(7-15)11(16)12(20-13)14(18)19-2/h9H,3-6,8,16H2,1-2H3. The van der Waals surface area contributed by atoms with E-state index in [9.17, 15) is 10.1 Å². The molecule has 0 bridgehead atoms. The lowest BCUT2D eigenvalue weighted by molar-refractivity contribution is 0.0607. The number of nitrogens with two attached hydrogens (primary N) is 1. The van der Waals surface area contributed by atoms with Gasteiger partial charge in [-0.3, -0.25) is 0 Å². The van der Waals surface area contributed by atoms with Crippen molar-refractivity contribution in [2.75, 3.05) is 31.3 Å². The average molecular weight is 293 g/mol. The zero-order valence-electron chi connectivity index (χ0n) is 11.8. The van der Waals surface area contributed by atoms with Crippen molar-refractivity contribution in [1.82, 2.24) is 0 Å². The van der Waals surface area contributed by atoms with Gasteiger partial charge in [0.25, 0.3) is 0 Å². The fraction of sp³-hybridized carbons (Fsp3) is 0.571. The van der Waals surface area contributed by atoms with Gasteiger partial charge in [-0.2, -0.15) is 5.26 Å². The molecule has 0 spiro atoms. The second-order valence-electron chi connectivity index (χ2n) is 5.16. The van der Waals surface area contributed by atoms with Crippen LogP contribution in [-0.2, 0) is 4.74 Å². The molecule has 0 aromatic carbocycles. The summed E-state index contributed by atoms with van der Waals surface area (Å²) in [6.45, 7) is 0.898. The summed E-state index contributed by atoms with van der Waals surface area (Å²) < 4.78 is 4.71. The van der Waals surface area contributed by atoms with E-state index in [1.54, 1.807) is 0 Å². The Balaban J connectivity index is 2.26. The first kappa shape index (κ1) is 14.7. The van der Waals surface area contributed by atoms with Crippen LogP contribution in [0.25, 0.3) is 0 Å². The number of nitrogens with zero attached hydrogens (tertiary/aromatic N) is 2. The largest absolute Gasteiger partial charge is 0.465 e. The summed E-state index contributed by atoms with van der Waals surface area (Å²) in [5, 5.41) is 10.0. The van der Waals surface area contributed by atoms with Gasteiger partial charge in [0, 0.05) is 13.6 Å². The Morgan fingerprint density at radius 2 is 2.20 bits per heavy atom. The predicted molar refractivity (Wildman–Crippen MR) is 80.0 cm³/mol. The molecule has 0 atom stereocenters. The van der Waals surface area contributed by atoms with E-state index >= 15 is 0 Å². The molecule has 1 heterocycles. The highest BCUT2D eigenvalue weighted by atomic mass is 32.1. The molecule has 1 aliphatic rings. The van der Waals surface area contributed by atoms with Gasteiger partial charge in [0.2, 0.25) is 0 Å². The van der Waals surface area contributed by atoms with Crippen LogP contribution in [0.2, 0.25) is 0 Å². The topological polar surface area (TPSA) is 79.3 Å². The summed E-state index contributed by atoms with van der Waals surface area (Å²) in [6, 6.07) is 2.11. The molecule has 1 aromatic heterocycles. The number of carbonyl (C=O) groups excluding carboxylic acids is 1. The molecule has 0 radical (unpaired) electrons. The van der Waals surface area contributed by atoms with Crippen LogP contribution in [0.15, 0.2) is 0 Å². The number of ether oxygens (including phenoxy) is 1. The molecule has 5 nitrogen and oxygen atoms in total. The number of hydrogen-bond acceptors (Lipinski definition) is 6. The van der Waals surface area contributed by atoms with Gasteiger partial charge >= 0.3 is 5.97 Å². The number of esters is 1. The second-order valence-corrected chi connectivity index (χ2v) is 6.16. The van der Waals surface area contributed by atoms with E-state index in [1.807, 2.05) is 11.9 Å². The lowest BCUT2D eigenvalue weighted by Gasteiger charge is -2.21. The number of nitrogen functional groups attached to an aromatic ring is 1. The van der Waals surface area contributed by atoms with Gasteiger partial charge in [-0.1, -0.05) is 12.8 Å². The maximum atomic E-state index is 11.7. The monoisotopic (exact) mass is 293 g/mol. The molecule has 0 amide bonds. The minimum Gasteiger partial charge on any atom is -0.465 e. The number of anilines is 2. The predicted octanol–water partition coefficient (Wildman–Crippen LogP) is 2.61. The Labute approximate surface area is 122 Å². The molecule has 2 rings (SSSR count). The number of nitriles is 1. The van der Waals surface area contributed by atoms with E-state index in [0.29, 0.717) is 16.4 Å². The van der Waals surface area contributed by atoms with E-state index in [4.69, 9.17) is 10.5 Å². The van der Waals surface area contributed by atoms with Crippen molar-refractivity contribution < 1.29 is 9.53 Å². The van der Waals surface area contributed by atoms with Crippen molar-refractivity contribution in [3.05, 3.63) is 10.4 Å². The molecular weight excluding hydrogens is 274 g/mol. The van der Waals surface area contributed by atoms with Crippen molar-refractivity contribution in [2.24, 2.45) is 5.92 Å². The highest BCUT2D eigenvalue weighted by Gasteiger charge is 2.25. The van der Waals surface area contributed by atoms with Crippen LogP contribution in [-0.4, -0.2) is 26.7 Å². The van der Waals surface area contributed by atoms with Gasteiger partial charge in [0.1, 0.15) is 21.5 Å². The van der Waals surface area contributed by atoms with E-state index < -0.39 is 5.97 Å². The minimum atomic E-state index is -0.482. The molecule has 6 heteroatoms. The fourth-order valence-electron chi connectivity index (χ4n) is 2.72. The third-order valence-electron chi connectivity index (χ3n) is 3.76. The maximum absolute atomic E-state index is 11.7. The van der Waals surface area contributed by atoms with Gasteiger partial charge in [0.15, 0.2) is 0 Å². The lowest BCUT2D eigenvalue weighted by Crippen LogP contribution is -2.23. The molecule has 1 aromatic rings. The zero-order valence-corrected chi connectivity index (χ0v) is 12.6. The normalized spacial score (nSPS) is 15.1. The van der Waals surface area contributed by atoms with Crippen LogP contribution in [0.4, 0.5) is 10.7 Å². The van der Waals surface area contributed by atoms with E-state index in [2.05, 4.69) is 6.07 Å². The summed E-state index contributed by atoms with van der Waals surface area (Å²) >= 11 is 1.24. The molecule has 1 saturated carbocycles. The first-order chi connectivity index (χ1) is 9.58. The average Bonchev–Trinajstić information content (AvgIpc) is 3.05. The Morgan fingerprint density at radius 1 is 1.55 bits per heavy atom. The van der Waals surface area contributed by atoms with Crippen LogP contribution in [0, 0.1) is 17.2 Å². The quantitative estimate of drug-likeness (QED) is 0.863. The first-order valence-electron chi connectivity index (χ1n) is 6.70. The van der Waals surface area contributed by atoms with Gasteiger partial charge in [-0.25, -0.2) is 4.79 Å². The molecule has 0 unspecified atom stereocenters. The van der Waals surface area contributed by atoms with Crippen LogP contribution in [0.5, 0.6) is 0 Å². The number of carbonyl (C=O) groups is 1. The molecule has 1 fully saturated rings. The highest BCUT2D eigenvalue weighted by molar-refractivity contribution is 7.18. The number of methoxy groups -OCH3 is 1. The minimum absolute atomic E-state index is 0.234. The van der Waals surface area contributed by atoms with Gasteiger partial charge < -0.3 is 15.4 Å². The number of thiophene rings is 1. The van der Waals surface area contributed by atoms with Crippen LogP contribution < -0.4 is 10.6 Å². The van der Waals surface area contributed by atoms with Crippen molar-refractivity contribution in [1.29, 1.82) is 5.26 Å². The van der Waals surface area contributed by atoms with E-state index in [1.165, 1.54) is 44.1 Å². The Bertz CT molecular complexity index is 541. The third-order valence-corrected chi connectivity index (χ3v) is 5.06. The Hall–Kier alpha value is -1.74. The van der Waals surface area contributed by atoms with Gasteiger partial charge in [0.05, 0.1) is 12.8 Å². The van der Waals surface area contributed by atoms with Crippen molar-refractivity contribution >= 4 is 28.0 Å². The summed E-state index contributed by atoms with van der Waals surface area (Å²) in [5.41, 5.74) is 6.52. The molecular formula is C14H19N3O2S. The molecule has 0 saturated heterocycles. The lowest BCUT2D eigenvalue weighted by atomic mass is 10.1.